The zero-order valence-electron chi connectivity index (χ0n) is 15.7. The van der Waals surface area contributed by atoms with Crippen LogP contribution in [0.25, 0.3) is 6.08 Å². The van der Waals surface area contributed by atoms with Gasteiger partial charge in [-0.15, -0.1) is 0 Å². The first kappa shape index (κ1) is 20.9. The first-order chi connectivity index (χ1) is 11.8. The second-order valence-corrected chi connectivity index (χ2v) is 7.08. The van der Waals surface area contributed by atoms with Gasteiger partial charge < -0.3 is 16.4 Å². The zero-order chi connectivity index (χ0) is 18.8. The molecule has 4 N–H and O–H groups in total. The summed E-state index contributed by atoms with van der Waals surface area (Å²) in [5.74, 6) is 0.200. The fourth-order valence-corrected chi connectivity index (χ4v) is 2.36. The molecule has 0 radical (unpaired) electrons. The lowest BCUT2D eigenvalue weighted by Gasteiger charge is -2.24. The second kappa shape index (κ2) is 10.7. The second-order valence-electron chi connectivity index (χ2n) is 7.08. The van der Waals surface area contributed by atoms with E-state index in [1.165, 1.54) is 6.08 Å². The molecule has 0 aliphatic rings. The first-order valence-electron chi connectivity index (χ1n) is 8.86. The molecule has 5 heteroatoms. The van der Waals surface area contributed by atoms with Crippen LogP contribution in [0.2, 0.25) is 0 Å². The van der Waals surface area contributed by atoms with E-state index in [9.17, 15) is 9.59 Å². The Morgan fingerprint density at radius 3 is 2.32 bits per heavy atom. The Balaban J connectivity index is 2.51. The molecule has 138 valence electrons. The van der Waals surface area contributed by atoms with E-state index in [1.807, 2.05) is 58.0 Å². The number of carbonyl (C=O) groups is 2. The summed E-state index contributed by atoms with van der Waals surface area (Å²) in [5.41, 5.74) is 6.89. The van der Waals surface area contributed by atoms with E-state index in [-0.39, 0.29) is 23.8 Å². The third kappa shape index (κ3) is 8.49. The number of hydrogen-bond donors (Lipinski definition) is 3. The van der Waals surface area contributed by atoms with Gasteiger partial charge in [-0.1, -0.05) is 58.0 Å². The summed E-state index contributed by atoms with van der Waals surface area (Å²) in [6, 6.07) is 8.95. The number of benzene rings is 1. The van der Waals surface area contributed by atoms with Gasteiger partial charge in [0.05, 0.1) is 6.04 Å². The Kier molecular flexibility index (Phi) is 8.92. The van der Waals surface area contributed by atoms with Crippen molar-refractivity contribution >= 4 is 17.9 Å². The Bertz CT molecular complexity index is 568. The first-order valence-corrected chi connectivity index (χ1v) is 8.86. The lowest BCUT2D eigenvalue weighted by Crippen LogP contribution is -2.51. The van der Waals surface area contributed by atoms with Crippen molar-refractivity contribution in [1.29, 1.82) is 0 Å². The number of carbonyl (C=O) groups excluding carboxylic acids is 2. The standard InChI is InChI=1S/C20H31N3O2/c1-14(2)12-17(21)20(25)23-18(15(3)4)13-22-19(24)11-10-16-8-6-5-7-9-16/h5-11,14-15,17-18H,12-13,21H2,1-4H3,(H,22,24)(H,23,25)/t17-,18+/m0/s1. The van der Waals surface area contributed by atoms with E-state index in [0.717, 1.165) is 5.56 Å². The fraction of sp³-hybridized carbons (Fsp3) is 0.500. The highest BCUT2D eigenvalue weighted by molar-refractivity contribution is 5.91. The van der Waals surface area contributed by atoms with Gasteiger partial charge in [0.1, 0.15) is 0 Å². The highest BCUT2D eigenvalue weighted by Gasteiger charge is 2.21. The number of hydrogen-bond acceptors (Lipinski definition) is 3. The molecule has 25 heavy (non-hydrogen) atoms. The quantitative estimate of drug-likeness (QED) is 0.601. The van der Waals surface area contributed by atoms with Crippen LogP contribution in [0.4, 0.5) is 0 Å². The van der Waals surface area contributed by atoms with Crippen molar-refractivity contribution in [2.75, 3.05) is 6.54 Å². The molecule has 5 nitrogen and oxygen atoms in total. The van der Waals surface area contributed by atoms with Gasteiger partial charge in [0.25, 0.3) is 0 Å². The fourth-order valence-electron chi connectivity index (χ4n) is 2.36. The number of rotatable bonds is 9. The highest BCUT2D eigenvalue weighted by atomic mass is 16.2. The van der Waals surface area contributed by atoms with Gasteiger partial charge in [-0.3, -0.25) is 9.59 Å². The summed E-state index contributed by atoms with van der Waals surface area (Å²) in [7, 11) is 0. The summed E-state index contributed by atoms with van der Waals surface area (Å²) in [4.78, 5) is 24.2. The third-order valence-electron chi connectivity index (χ3n) is 3.92. The summed E-state index contributed by atoms with van der Waals surface area (Å²) < 4.78 is 0. The van der Waals surface area contributed by atoms with Gasteiger partial charge in [-0.05, 0) is 29.9 Å². The predicted molar refractivity (Wildman–Crippen MR) is 103 cm³/mol. The molecule has 0 heterocycles. The molecule has 0 spiro atoms. The van der Waals surface area contributed by atoms with Crippen molar-refractivity contribution < 1.29 is 9.59 Å². The molecule has 2 atom stereocenters. The van der Waals surface area contributed by atoms with Crippen molar-refractivity contribution in [3.05, 3.63) is 42.0 Å². The van der Waals surface area contributed by atoms with Crippen molar-refractivity contribution in [2.45, 2.75) is 46.2 Å². The van der Waals surface area contributed by atoms with Crippen LogP contribution in [0.3, 0.4) is 0 Å². The van der Waals surface area contributed by atoms with Gasteiger partial charge in [-0.25, -0.2) is 0 Å². The minimum Gasteiger partial charge on any atom is -0.350 e. The summed E-state index contributed by atoms with van der Waals surface area (Å²) >= 11 is 0. The van der Waals surface area contributed by atoms with Crippen LogP contribution in [0.15, 0.2) is 36.4 Å². The Morgan fingerprint density at radius 1 is 1.12 bits per heavy atom. The van der Waals surface area contributed by atoms with Crippen LogP contribution in [0.5, 0.6) is 0 Å². The van der Waals surface area contributed by atoms with Crippen LogP contribution in [-0.4, -0.2) is 30.4 Å². The molecule has 0 saturated heterocycles. The summed E-state index contributed by atoms with van der Waals surface area (Å²) in [5, 5.41) is 5.79. The maximum absolute atomic E-state index is 12.2. The Morgan fingerprint density at radius 2 is 1.76 bits per heavy atom. The number of amides is 2. The molecule has 0 saturated carbocycles. The van der Waals surface area contributed by atoms with Crippen molar-refractivity contribution in [3.63, 3.8) is 0 Å². The average Bonchev–Trinajstić information content (AvgIpc) is 2.56. The molecular weight excluding hydrogens is 314 g/mol. The van der Waals surface area contributed by atoms with Crippen LogP contribution >= 0.6 is 0 Å². The van der Waals surface area contributed by atoms with Crippen LogP contribution in [-0.2, 0) is 9.59 Å². The zero-order valence-corrected chi connectivity index (χ0v) is 15.7. The van der Waals surface area contributed by atoms with Crippen molar-refractivity contribution in [2.24, 2.45) is 17.6 Å². The lowest BCUT2D eigenvalue weighted by atomic mass is 10.0. The van der Waals surface area contributed by atoms with Crippen LogP contribution in [0, 0.1) is 11.8 Å². The molecule has 1 rings (SSSR count). The Labute approximate surface area is 151 Å². The van der Waals surface area contributed by atoms with Gasteiger partial charge in [0.2, 0.25) is 11.8 Å². The predicted octanol–water partition coefficient (Wildman–Crippen LogP) is 2.33. The molecule has 1 aromatic carbocycles. The van der Waals surface area contributed by atoms with Crippen molar-refractivity contribution in [3.8, 4) is 0 Å². The Hall–Kier alpha value is -2.14. The van der Waals surface area contributed by atoms with E-state index in [1.54, 1.807) is 6.08 Å². The molecule has 2 amide bonds. The van der Waals surface area contributed by atoms with Gasteiger partial charge in [0, 0.05) is 18.7 Å². The SMILES string of the molecule is CC(C)C[C@H](N)C(=O)N[C@H](CNC(=O)C=Cc1ccccc1)C(C)C. The molecule has 0 aromatic heterocycles. The minimum absolute atomic E-state index is 0.153. The molecular formula is C20H31N3O2. The van der Waals surface area contributed by atoms with E-state index < -0.39 is 6.04 Å². The van der Waals surface area contributed by atoms with E-state index in [0.29, 0.717) is 18.9 Å². The average molecular weight is 345 g/mol. The smallest absolute Gasteiger partial charge is 0.244 e. The molecule has 0 bridgehead atoms. The molecule has 0 fully saturated rings. The maximum atomic E-state index is 12.2. The topological polar surface area (TPSA) is 84.2 Å². The van der Waals surface area contributed by atoms with Gasteiger partial charge >= 0.3 is 0 Å². The lowest BCUT2D eigenvalue weighted by molar-refractivity contribution is -0.124. The molecule has 1 aromatic rings. The largest absolute Gasteiger partial charge is 0.350 e. The number of nitrogens with one attached hydrogen (secondary N) is 2. The summed E-state index contributed by atoms with van der Waals surface area (Å²) in [6.07, 6.45) is 3.90. The molecule has 0 aliphatic carbocycles. The highest BCUT2D eigenvalue weighted by Crippen LogP contribution is 2.06. The van der Waals surface area contributed by atoms with Gasteiger partial charge in [0.15, 0.2) is 0 Å². The minimum atomic E-state index is -0.519. The normalized spacial score (nSPS) is 13.9. The van der Waals surface area contributed by atoms with Crippen LogP contribution in [0.1, 0.15) is 39.7 Å². The van der Waals surface area contributed by atoms with Crippen molar-refractivity contribution in [1.82, 2.24) is 10.6 Å². The maximum Gasteiger partial charge on any atom is 0.244 e. The molecule has 0 aliphatic heterocycles. The van der Waals surface area contributed by atoms with Gasteiger partial charge in [-0.2, -0.15) is 0 Å². The third-order valence-corrected chi connectivity index (χ3v) is 3.92. The van der Waals surface area contributed by atoms with Crippen LogP contribution < -0.4 is 16.4 Å². The molecule has 0 unspecified atom stereocenters. The summed E-state index contributed by atoms with van der Waals surface area (Å²) in [6.45, 7) is 8.45. The van der Waals surface area contributed by atoms with E-state index >= 15 is 0 Å². The van der Waals surface area contributed by atoms with E-state index in [2.05, 4.69) is 10.6 Å². The monoisotopic (exact) mass is 345 g/mol. The number of nitrogens with two attached hydrogens (primary N) is 1. The van der Waals surface area contributed by atoms with E-state index in [4.69, 9.17) is 5.73 Å².